The monoisotopic (exact) mass is 963 g/mol. The molecule has 0 aliphatic heterocycles. The van der Waals surface area contributed by atoms with Crippen LogP contribution in [0, 0.1) is 12.1 Å². The largest absolute Gasteiger partial charge is 2.00 e. The Hall–Kier alpha value is -5.77. The number of imidazole rings is 2. The molecule has 0 atom stereocenters. The van der Waals surface area contributed by atoms with Gasteiger partial charge >= 0.3 is 21.1 Å². The van der Waals surface area contributed by atoms with E-state index in [4.69, 9.17) is 14.7 Å². The zero-order chi connectivity index (χ0) is 40.7. The Morgan fingerprint density at radius 3 is 1.18 bits per heavy atom. The van der Waals surface area contributed by atoms with Gasteiger partial charge in [0.2, 0.25) is 0 Å². The molecule has 0 saturated heterocycles. The van der Waals surface area contributed by atoms with Crippen LogP contribution in [-0.4, -0.2) is 18.8 Å². The van der Waals surface area contributed by atoms with E-state index in [2.05, 4.69) is 174 Å². The molecular formula is C54H48N4OPt. The molecule has 0 bridgehead atoms. The Morgan fingerprint density at radius 2 is 0.817 bits per heavy atom. The van der Waals surface area contributed by atoms with Crippen LogP contribution in [-0.2, 0) is 21.1 Å². The number of aromatic nitrogens is 4. The molecule has 10 aromatic rings. The third kappa shape index (κ3) is 6.24. The van der Waals surface area contributed by atoms with Crippen LogP contribution < -0.4 is 4.74 Å². The summed E-state index contributed by atoms with van der Waals surface area (Å²) in [6.07, 6.45) is 7.92. The minimum Gasteiger partial charge on any atom is -0.497 e. The number of benzene rings is 6. The van der Waals surface area contributed by atoms with Crippen molar-refractivity contribution in [3.05, 3.63) is 156 Å². The number of rotatable bonds is 8. The Labute approximate surface area is 366 Å². The van der Waals surface area contributed by atoms with Gasteiger partial charge in [0, 0.05) is 58.4 Å². The number of nitrogens with zero attached hydrogens (tertiary/aromatic N) is 4. The van der Waals surface area contributed by atoms with Gasteiger partial charge in [-0.25, -0.2) is 0 Å². The van der Waals surface area contributed by atoms with Gasteiger partial charge in [-0.1, -0.05) is 174 Å². The molecule has 0 unspecified atom stereocenters. The minimum absolute atomic E-state index is 0. The van der Waals surface area contributed by atoms with Crippen molar-refractivity contribution in [3.63, 3.8) is 0 Å². The first kappa shape index (κ1) is 39.7. The molecule has 0 amide bonds. The fraction of sp³-hybridized carbons (Fsp3) is 0.222. The smallest absolute Gasteiger partial charge is 0.497 e. The Morgan fingerprint density at radius 1 is 0.450 bits per heavy atom. The molecule has 0 aliphatic carbocycles. The molecule has 4 heterocycles. The zero-order valence-electron chi connectivity index (χ0n) is 35.4. The predicted octanol–water partition coefficient (Wildman–Crippen LogP) is 14.8. The van der Waals surface area contributed by atoms with Crippen molar-refractivity contribution in [2.45, 2.75) is 79.1 Å². The quantitative estimate of drug-likeness (QED) is 0.113. The first-order valence-electron chi connectivity index (χ1n) is 21.0. The first-order valence-corrected chi connectivity index (χ1v) is 21.0. The van der Waals surface area contributed by atoms with Crippen LogP contribution in [0.3, 0.4) is 0 Å². The average Bonchev–Trinajstić information content (AvgIpc) is 3.94. The Kier molecular flexibility index (Phi) is 10.2. The van der Waals surface area contributed by atoms with E-state index in [1.54, 1.807) is 0 Å². The Balaban J connectivity index is 0.00000462. The van der Waals surface area contributed by atoms with E-state index >= 15 is 0 Å². The summed E-state index contributed by atoms with van der Waals surface area (Å²) in [6.45, 7) is 18.3. The SMILES string of the molecule is CC(C)c1cccc(C(C)C)c1-c1cccc2c3ccc(Oc4[c-]c5c(cc4)c4cccc(-c6c(C(C)C)cccc6C(C)C)c4n4ccnc54)[c-]c3c3nccn3c12.[Pt+2]. The van der Waals surface area contributed by atoms with Crippen LogP contribution >= 0.6 is 0 Å². The molecule has 60 heavy (non-hydrogen) atoms. The maximum absolute atomic E-state index is 6.64. The van der Waals surface area contributed by atoms with Crippen molar-refractivity contribution < 1.29 is 25.8 Å². The topological polar surface area (TPSA) is 43.8 Å². The van der Waals surface area contributed by atoms with Gasteiger partial charge < -0.3 is 13.5 Å². The summed E-state index contributed by atoms with van der Waals surface area (Å²) in [4.78, 5) is 9.82. The van der Waals surface area contributed by atoms with E-state index in [1.807, 2.05) is 24.5 Å². The average molecular weight is 964 g/mol. The van der Waals surface area contributed by atoms with Crippen LogP contribution in [0.2, 0.25) is 0 Å². The molecule has 0 fully saturated rings. The standard InChI is InChI=1S/C54H48N4O.Pt/c1-31(2)37-13-9-14-38(32(3)4)49(37)45-19-11-17-43-41-23-21-35(29-47(41)53-55-25-27-57(53)51(43)45)59-36-22-24-42-44-18-12-20-46(52(44)58-28-26-56-54(58)48(42)30-36)50-39(33(5)6)15-10-16-40(50)34(7)8;/h9-28,31-34H,1-8H3;/q-2;+2. The third-order valence-electron chi connectivity index (χ3n) is 12.2. The maximum atomic E-state index is 6.64. The number of para-hydroxylation sites is 2. The molecule has 5 nitrogen and oxygen atoms in total. The summed E-state index contributed by atoms with van der Waals surface area (Å²) in [5.74, 6) is 2.73. The van der Waals surface area contributed by atoms with Gasteiger partial charge in [-0.3, -0.25) is 9.97 Å². The van der Waals surface area contributed by atoms with Gasteiger partial charge in [0.25, 0.3) is 0 Å². The van der Waals surface area contributed by atoms with E-state index in [1.165, 1.54) is 44.5 Å². The van der Waals surface area contributed by atoms with Crippen molar-refractivity contribution >= 4 is 54.6 Å². The van der Waals surface area contributed by atoms with Crippen molar-refractivity contribution in [2.24, 2.45) is 0 Å². The van der Waals surface area contributed by atoms with Crippen molar-refractivity contribution in [2.75, 3.05) is 0 Å². The number of hydrogen-bond donors (Lipinski definition) is 0. The molecule has 0 N–H and O–H groups in total. The summed E-state index contributed by atoms with van der Waals surface area (Å²) in [5.41, 5.74) is 14.5. The van der Waals surface area contributed by atoms with Gasteiger partial charge in [0.1, 0.15) is 0 Å². The Bertz CT molecular complexity index is 3010. The second kappa shape index (κ2) is 15.4. The van der Waals surface area contributed by atoms with Gasteiger partial charge in [-0.2, -0.15) is 0 Å². The summed E-state index contributed by atoms with van der Waals surface area (Å²) in [7, 11) is 0. The molecule has 6 heteroatoms. The molecule has 0 saturated carbocycles. The van der Waals surface area contributed by atoms with Crippen LogP contribution in [0.25, 0.3) is 76.9 Å². The fourth-order valence-electron chi connectivity index (χ4n) is 9.49. The number of fused-ring (bicyclic) bond motifs is 12. The molecule has 4 aromatic heterocycles. The normalized spacial score (nSPS) is 12.1. The second-order valence-corrected chi connectivity index (χ2v) is 17.2. The van der Waals surface area contributed by atoms with Gasteiger partial charge in [0.05, 0.1) is 11.3 Å². The summed E-state index contributed by atoms with van der Waals surface area (Å²) in [5, 5.41) is 6.31. The van der Waals surface area contributed by atoms with Gasteiger partial charge in [-0.05, 0) is 67.8 Å². The molecule has 300 valence electrons. The van der Waals surface area contributed by atoms with Gasteiger partial charge in [0.15, 0.2) is 0 Å². The summed E-state index contributed by atoms with van der Waals surface area (Å²) >= 11 is 0. The molecule has 0 aliphatic rings. The number of pyridine rings is 2. The van der Waals surface area contributed by atoms with Crippen molar-refractivity contribution in [1.82, 2.24) is 18.8 Å². The number of ether oxygens (including phenoxy) is 1. The third-order valence-corrected chi connectivity index (χ3v) is 12.2. The fourth-order valence-corrected chi connectivity index (χ4v) is 9.49. The maximum Gasteiger partial charge on any atom is 2.00 e. The summed E-state index contributed by atoms with van der Waals surface area (Å²) < 4.78 is 11.1. The van der Waals surface area contributed by atoms with Crippen molar-refractivity contribution in [1.29, 1.82) is 0 Å². The van der Waals surface area contributed by atoms with E-state index in [9.17, 15) is 0 Å². The second-order valence-electron chi connectivity index (χ2n) is 17.2. The van der Waals surface area contributed by atoms with Crippen LogP contribution in [0.5, 0.6) is 11.5 Å². The molecule has 6 aromatic carbocycles. The minimum atomic E-state index is 0. The van der Waals surface area contributed by atoms with E-state index in [0.29, 0.717) is 35.2 Å². The molecule has 10 rings (SSSR count). The van der Waals surface area contributed by atoms with Crippen LogP contribution in [0.1, 0.15) is 101 Å². The zero-order valence-corrected chi connectivity index (χ0v) is 37.6. The first-order chi connectivity index (χ1) is 28.6. The molecule has 0 radical (unpaired) electrons. The molecule has 0 spiro atoms. The summed E-state index contributed by atoms with van der Waals surface area (Å²) in [6, 6.07) is 42.5. The van der Waals surface area contributed by atoms with E-state index < -0.39 is 0 Å². The predicted molar refractivity (Wildman–Crippen MR) is 245 cm³/mol. The number of hydrogen-bond acceptors (Lipinski definition) is 3. The van der Waals surface area contributed by atoms with E-state index in [0.717, 1.165) is 54.6 Å². The van der Waals surface area contributed by atoms with E-state index in [-0.39, 0.29) is 21.1 Å². The molecular weight excluding hydrogens is 916 g/mol. The van der Waals surface area contributed by atoms with Crippen LogP contribution in [0.15, 0.2) is 122 Å². The van der Waals surface area contributed by atoms with Gasteiger partial charge in [-0.15, -0.1) is 12.1 Å². The van der Waals surface area contributed by atoms with Crippen molar-refractivity contribution in [3.8, 4) is 33.8 Å². The van der Waals surface area contributed by atoms with Crippen LogP contribution in [0.4, 0.5) is 0 Å².